The molecule has 1 radical (unpaired) electrons. The van der Waals surface area contributed by atoms with Crippen molar-refractivity contribution >= 4 is 5.69 Å². The van der Waals surface area contributed by atoms with Gasteiger partial charge in [-0.05, 0) is 30.9 Å². The van der Waals surface area contributed by atoms with E-state index < -0.39 is 0 Å². The Labute approximate surface area is 125 Å². The molecule has 0 unspecified atom stereocenters. The third-order valence-corrected chi connectivity index (χ3v) is 3.28. The lowest BCUT2D eigenvalue weighted by Gasteiger charge is -2.14. The monoisotopic (exact) mass is 286 g/mol. The zero-order chi connectivity index (χ0) is 15.2. The number of nitrogens with two attached hydrogens (primary N) is 1. The summed E-state index contributed by atoms with van der Waals surface area (Å²) >= 11 is 0. The molecule has 0 bridgehead atoms. The molecule has 0 aliphatic carbocycles. The van der Waals surface area contributed by atoms with E-state index >= 15 is 0 Å². The van der Waals surface area contributed by atoms with Crippen molar-refractivity contribution in [3.63, 3.8) is 0 Å². The molecule has 0 aromatic heterocycles. The minimum absolute atomic E-state index is 0.0807. The summed E-state index contributed by atoms with van der Waals surface area (Å²) in [6, 6.07) is 13.1. The summed E-state index contributed by atoms with van der Waals surface area (Å²) in [5, 5.41) is 10.1. The van der Waals surface area contributed by atoms with Crippen molar-refractivity contribution in [3.05, 3.63) is 47.5 Å². The van der Waals surface area contributed by atoms with E-state index in [0.29, 0.717) is 17.9 Å². The van der Waals surface area contributed by atoms with Gasteiger partial charge in [-0.15, -0.1) is 0 Å². The third kappa shape index (κ3) is 3.60. The molecule has 111 valence electrons. The van der Waals surface area contributed by atoms with Gasteiger partial charge in [0.2, 0.25) is 5.75 Å². The van der Waals surface area contributed by atoms with Gasteiger partial charge in [-0.3, -0.25) is 0 Å². The van der Waals surface area contributed by atoms with Gasteiger partial charge in [0.05, 0.1) is 19.4 Å². The van der Waals surface area contributed by atoms with Gasteiger partial charge < -0.3 is 20.3 Å². The predicted octanol–water partition coefficient (Wildman–Crippen LogP) is 3.10. The molecule has 0 fully saturated rings. The quantitative estimate of drug-likeness (QED) is 0.486. The van der Waals surface area contributed by atoms with Crippen LogP contribution in [0.5, 0.6) is 17.2 Å². The summed E-state index contributed by atoms with van der Waals surface area (Å²) in [4.78, 5) is 0. The molecule has 0 aliphatic rings. The van der Waals surface area contributed by atoms with Gasteiger partial charge in [0.15, 0.2) is 11.5 Å². The van der Waals surface area contributed by atoms with Crippen LogP contribution in [0, 0.1) is 13.0 Å². The third-order valence-electron chi connectivity index (χ3n) is 3.28. The predicted molar refractivity (Wildman–Crippen MR) is 82.9 cm³/mol. The van der Waals surface area contributed by atoms with Crippen LogP contribution in [0.15, 0.2) is 30.3 Å². The van der Waals surface area contributed by atoms with Crippen LogP contribution in [0.2, 0.25) is 0 Å². The van der Waals surface area contributed by atoms with Crippen molar-refractivity contribution in [3.8, 4) is 17.2 Å². The molecule has 2 rings (SSSR count). The first-order valence-corrected chi connectivity index (χ1v) is 6.88. The molecule has 4 nitrogen and oxygen atoms in total. The summed E-state index contributed by atoms with van der Waals surface area (Å²) in [6.45, 7) is 2.23. The highest BCUT2D eigenvalue weighted by Gasteiger charge is 2.16. The molecule has 0 spiro atoms. The van der Waals surface area contributed by atoms with Crippen LogP contribution in [0.1, 0.15) is 17.5 Å². The topological polar surface area (TPSA) is 64.7 Å². The lowest BCUT2D eigenvalue weighted by Crippen LogP contribution is -2.03. The Balaban J connectivity index is 1.98. The highest BCUT2D eigenvalue weighted by Crippen LogP contribution is 2.42. The van der Waals surface area contributed by atoms with Crippen molar-refractivity contribution in [2.45, 2.75) is 19.8 Å². The van der Waals surface area contributed by atoms with E-state index in [0.717, 1.165) is 12.8 Å². The maximum absolute atomic E-state index is 10.1. The molecule has 4 heteroatoms. The average molecular weight is 286 g/mol. The molecular weight excluding hydrogens is 266 g/mol. The molecule has 3 N–H and O–H groups in total. The molecule has 0 aliphatic heterocycles. The minimum atomic E-state index is -0.0807. The average Bonchev–Trinajstić information content (AvgIpc) is 2.51. The van der Waals surface area contributed by atoms with Crippen LogP contribution in [0.3, 0.4) is 0 Å². The first-order chi connectivity index (χ1) is 10.1. The van der Waals surface area contributed by atoms with Crippen molar-refractivity contribution in [2.24, 2.45) is 0 Å². The first-order valence-electron chi connectivity index (χ1n) is 6.88. The number of aromatic hydroxyl groups is 1. The molecule has 0 amide bonds. The van der Waals surface area contributed by atoms with Crippen LogP contribution in [0.25, 0.3) is 0 Å². The van der Waals surface area contributed by atoms with Crippen molar-refractivity contribution in [1.82, 2.24) is 0 Å². The number of aryl methyl sites for hydroxylation is 2. The lowest BCUT2D eigenvalue weighted by atomic mass is 10.1. The van der Waals surface area contributed by atoms with E-state index in [-0.39, 0.29) is 17.2 Å². The number of methoxy groups -OCH3 is 1. The van der Waals surface area contributed by atoms with Crippen LogP contribution in [0.4, 0.5) is 5.69 Å². The summed E-state index contributed by atoms with van der Waals surface area (Å²) in [5.41, 5.74) is 7.95. The number of anilines is 1. The molecular formula is C17H20NO3. The van der Waals surface area contributed by atoms with E-state index in [9.17, 15) is 5.11 Å². The van der Waals surface area contributed by atoms with Gasteiger partial charge in [-0.25, -0.2) is 0 Å². The number of hydrogen-bond donors (Lipinski definition) is 2. The van der Waals surface area contributed by atoms with E-state index in [2.05, 4.69) is 18.2 Å². The fourth-order valence-corrected chi connectivity index (χ4v) is 2.07. The molecule has 2 aromatic rings. The Hall–Kier alpha value is -2.36. The molecule has 0 atom stereocenters. The number of hydrogen-bond acceptors (Lipinski definition) is 4. The molecule has 0 heterocycles. The fourth-order valence-electron chi connectivity index (χ4n) is 2.07. The normalized spacial score (nSPS) is 10.4. The molecule has 0 saturated heterocycles. The number of ether oxygens (including phenoxy) is 2. The Kier molecular flexibility index (Phi) is 4.93. The number of benzene rings is 2. The zero-order valence-corrected chi connectivity index (χ0v) is 12.3. The standard InChI is InChI=1S/C17H20NO3/c1-12-11-14(20-2)17(16(19)15(12)18)21-10-6-9-13-7-4-3-5-8-13/h3-5,7-8,19H,6,9-10,18H2,1-2H3. The van der Waals surface area contributed by atoms with E-state index in [1.807, 2.05) is 18.2 Å². The Morgan fingerprint density at radius 3 is 2.62 bits per heavy atom. The van der Waals surface area contributed by atoms with E-state index in [4.69, 9.17) is 15.2 Å². The number of phenols is 1. The highest BCUT2D eigenvalue weighted by molar-refractivity contribution is 5.68. The van der Waals surface area contributed by atoms with Gasteiger partial charge in [0, 0.05) is 6.07 Å². The van der Waals surface area contributed by atoms with Crippen LogP contribution in [-0.2, 0) is 6.42 Å². The lowest BCUT2D eigenvalue weighted by molar-refractivity contribution is 0.274. The molecule has 2 aromatic carbocycles. The number of nitrogen functional groups attached to an aromatic ring is 1. The Bertz CT molecular complexity index is 597. The van der Waals surface area contributed by atoms with Gasteiger partial charge in [0.1, 0.15) is 0 Å². The van der Waals surface area contributed by atoms with Crippen LogP contribution >= 0.6 is 0 Å². The fraction of sp³-hybridized carbons (Fsp3) is 0.294. The van der Waals surface area contributed by atoms with Crippen LogP contribution < -0.4 is 15.2 Å². The van der Waals surface area contributed by atoms with Crippen molar-refractivity contribution in [2.75, 3.05) is 19.5 Å². The Morgan fingerprint density at radius 1 is 1.24 bits per heavy atom. The van der Waals surface area contributed by atoms with Crippen LogP contribution in [-0.4, -0.2) is 18.8 Å². The first kappa shape index (κ1) is 15.0. The maximum Gasteiger partial charge on any atom is 0.206 e. The SMILES string of the molecule is COc1[c]c(C)c(N)c(O)c1OCCCc1ccccc1. The smallest absolute Gasteiger partial charge is 0.206 e. The summed E-state index contributed by atoms with van der Waals surface area (Å²) in [7, 11) is 1.51. The van der Waals surface area contributed by atoms with Gasteiger partial charge in [-0.2, -0.15) is 0 Å². The van der Waals surface area contributed by atoms with E-state index in [1.165, 1.54) is 12.7 Å². The van der Waals surface area contributed by atoms with Gasteiger partial charge in [0.25, 0.3) is 0 Å². The summed E-state index contributed by atoms with van der Waals surface area (Å²) in [5.74, 6) is 0.551. The maximum atomic E-state index is 10.1. The minimum Gasteiger partial charge on any atom is -0.503 e. The van der Waals surface area contributed by atoms with Gasteiger partial charge >= 0.3 is 0 Å². The Morgan fingerprint density at radius 2 is 1.95 bits per heavy atom. The number of phenolic OH excluding ortho intramolecular Hbond substituents is 1. The number of rotatable bonds is 6. The van der Waals surface area contributed by atoms with E-state index in [1.54, 1.807) is 6.92 Å². The van der Waals surface area contributed by atoms with Crippen molar-refractivity contribution < 1.29 is 14.6 Å². The second-order valence-corrected chi connectivity index (χ2v) is 4.81. The summed E-state index contributed by atoms with van der Waals surface area (Å²) < 4.78 is 10.8. The second-order valence-electron chi connectivity index (χ2n) is 4.81. The van der Waals surface area contributed by atoms with Crippen molar-refractivity contribution in [1.29, 1.82) is 0 Å². The molecule has 0 saturated carbocycles. The summed E-state index contributed by atoms with van der Waals surface area (Å²) in [6.07, 6.45) is 1.75. The second kappa shape index (κ2) is 6.88. The van der Waals surface area contributed by atoms with Gasteiger partial charge in [-0.1, -0.05) is 30.3 Å². The highest BCUT2D eigenvalue weighted by atomic mass is 16.5. The molecule has 21 heavy (non-hydrogen) atoms. The zero-order valence-electron chi connectivity index (χ0n) is 12.3. The largest absolute Gasteiger partial charge is 0.503 e.